The normalized spacial score (nSPS) is 22.5. The highest BCUT2D eigenvalue weighted by Crippen LogP contribution is 2.25. The summed E-state index contributed by atoms with van der Waals surface area (Å²) in [6.07, 6.45) is 24.5. The van der Waals surface area contributed by atoms with Crippen molar-refractivity contribution in [3.8, 4) is 0 Å². The van der Waals surface area contributed by atoms with Crippen molar-refractivity contribution in [2.24, 2.45) is 0 Å². The molecule has 0 saturated carbocycles. The molecule has 1 aliphatic rings. The lowest BCUT2D eigenvalue weighted by molar-refractivity contribution is -0.304. The Hall–Kier alpha value is -0.810. The number of amides is 1. The molecule has 1 aliphatic heterocycles. The molecule has 48 heavy (non-hydrogen) atoms. The molecule has 1 fully saturated rings. The first kappa shape index (κ1) is 45.2. The average Bonchev–Trinajstić information content (AvgIpc) is 3.09. The Bertz CT molecular complexity index is 741. The Morgan fingerprint density at radius 2 is 1.02 bits per heavy atom. The third kappa shape index (κ3) is 20.8. The minimum absolute atomic E-state index is 0.130. The molecule has 0 radical (unpaired) electrons. The fourth-order valence-electron chi connectivity index (χ4n) is 6.75. The van der Waals surface area contributed by atoms with Crippen molar-refractivity contribution in [2.75, 3.05) is 19.8 Å². The van der Waals surface area contributed by atoms with Crippen molar-refractivity contribution in [1.82, 2.24) is 5.32 Å². The van der Waals surface area contributed by atoms with Gasteiger partial charge in [0.05, 0.1) is 25.4 Å². The minimum Gasteiger partial charge on any atom is -0.394 e. The summed E-state index contributed by atoms with van der Waals surface area (Å²) in [6.45, 7) is 3.47. The van der Waals surface area contributed by atoms with Crippen molar-refractivity contribution in [3.05, 3.63) is 0 Å². The van der Waals surface area contributed by atoms with Crippen LogP contribution in [0.5, 0.6) is 0 Å². The van der Waals surface area contributed by atoms with E-state index in [0.717, 1.165) is 38.5 Å². The van der Waals surface area contributed by atoms with Crippen molar-refractivity contribution >= 4 is 5.91 Å². The lowest BCUT2D eigenvalue weighted by atomic mass is 9.92. The van der Waals surface area contributed by atoms with Crippen LogP contribution < -0.4 is 5.32 Å². The van der Waals surface area contributed by atoms with Gasteiger partial charge in [0.1, 0.15) is 24.4 Å². The Morgan fingerprint density at radius 3 is 1.44 bits per heavy atom. The molecule has 1 saturated heterocycles. The standard InChI is InChI=1S/C39H77NO8/c1-3-5-7-9-11-13-15-17-18-20-22-24-26-28-34(43)40-39(31-42,29-27-25-23-21-19-16-14-12-10-8-6-4-2)32-47-38-37(46)36(45)35(44)33(30-41)48-38/h33,35-38,41-42,44-46H,3-32H2,1-2H3,(H,40,43)/t33-,35-,36+,37+,38+,39?/m1/s1. The Balaban J connectivity index is 2.48. The Labute approximate surface area is 294 Å². The van der Waals surface area contributed by atoms with E-state index in [1.54, 1.807) is 0 Å². The monoisotopic (exact) mass is 688 g/mol. The molecule has 0 bridgehead atoms. The smallest absolute Gasteiger partial charge is 0.220 e. The second-order valence-corrected chi connectivity index (χ2v) is 14.6. The van der Waals surface area contributed by atoms with Gasteiger partial charge in [0.2, 0.25) is 5.91 Å². The molecule has 1 unspecified atom stereocenters. The maximum Gasteiger partial charge on any atom is 0.220 e. The first-order valence-electron chi connectivity index (χ1n) is 20.2. The molecule has 0 aromatic heterocycles. The number of ether oxygens (including phenoxy) is 2. The van der Waals surface area contributed by atoms with Crippen LogP contribution in [0.4, 0.5) is 0 Å². The lowest BCUT2D eigenvalue weighted by Crippen LogP contribution is -2.61. The molecule has 1 heterocycles. The van der Waals surface area contributed by atoms with Gasteiger partial charge in [0.25, 0.3) is 0 Å². The SMILES string of the molecule is CCCCCCCCCCCCCCCC(=O)NC(CO)(CCCCCCCCCCCCCC)CO[C@H]1O[C@H](CO)[C@@H](O)[C@H](O)[C@@H]1O. The van der Waals surface area contributed by atoms with Gasteiger partial charge >= 0.3 is 0 Å². The molecule has 0 aromatic carbocycles. The summed E-state index contributed by atoms with van der Waals surface area (Å²) in [5.74, 6) is -0.136. The fourth-order valence-corrected chi connectivity index (χ4v) is 6.75. The minimum atomic E-state index is -1.55. The van der Waals surface area contributed by atoms with Crippen LogP contribution in [0.15, 0.2) is 0 Å². The number of unbranched alkanes of at least 4 members (excludes halogenated alkanes) is 23. The zero-order valence-corrected chi connectivity index (χ0v) is 31.1. The van der Waals surface area contributed by atoms with Gasteiger partial charge in [-0.2, -0.15) is 0 Å². The van der Waals surface area contributed by atoms with E-state index in [1.807, 2.05) is 0 Å². The molecule has 6 atom stereocenters. The molecule has 9 nitrogen and oxygen atoms in total. The van der Waals surface area contributed by atoms with E-state index in [0.29, 0.717) is 12.8 Å². The molecule has 286 valence electrons. The van der Waals surface area contributed by atoms with Gasteiger partial charge < -0.3 is 40.3 Å². The van der Waals surface area contributed by atoms with Crippen LogP contribution in [-0.4, -0.2) is 87.5 Å². The van der Waals surface area contributed by atoms with E-state index < -0.39 is 42.9 Å². The first-order chi connectivity index (χ1) is 23.3. The van der Waals surface area contributed by atoms with Gasteiger partial charge in [-0.25, -0.2) is 0 Å². The summed E-state index contributed by atoms with van der Waals surface area (Å²) in [4.78, 5) is 13.1. The van der Waals surface area contributed by atoms with Crippen LogP contribution in [0.3, 0.4) is 0 Å². The third-order valence-corrected chi connectivity index (χ3v) is 10.1. The number of hydrogen-bond donors (Lipinski definition) is 6. The van der Waals surface area contributed by atoms with Gasteiger partial charge in [-0.1, -0.05) is 168 Å². The lowest BCUT2D eigenvalue weighted by Gasteiger charge is -2.41. The quantitative estimate of drug-likeness (QED) is 0.0396. The summed E-state index contributed by atoms with van der Waals surface area (Å²) >= 11 is 0. The molecule has 1 amide bonds. The van der Waals surface area contributed by atoms with Crippen LogP contribution in [-0.2, 0) is 14.3 Å². The number of nitrogens with one attached hydrogen (secondary N) is 1. The van der Waals surface area contributed by atoms with Gasteiger partial charge in [-0.3, -0.25) is 4.79 Å². The zero-order chi connectivity index (χ0) is 35.3. The van der Waals surface area contributed by atoms with E-state index in [-0.39, 0.29) is 19.1 Å². The summed E-state index contributed by atoms with van der Waals surface area (Å²) in [7, 11) is 0. The number of rotatable bonds is 33. The highest BCUT2D eigenvalue weighted by molar-refractivity contribution is 5.76. The van der Waals surface area contributed by atoms with Gasteiger partial charge in [0.15, 0.2) is 6.29 Å². The van der Waals surface area contributed by atoms with Gasteiger partial charge in [-0.15, -0.1) is 0 Å². The van der Waals surface area contributed by atoms with Crippen molar-refractivity contribution in [2.45, 2.75) is 223 Å². The van der Waals surface area contributed by atoms with Crippen LogP contribution in [0, 0.1) is 0 Å². The zero-order valence-electron chi connectivity index (χ0n) is 31.1. The molecule has 1 rings (SSSR count). The molecule has 6 N–H and O–H groups in total. The number of carbonyl (C=O) groups is 1. The van der Waals surface area contributed by atoms with Gasteiger partial charge in [0, 0.05) is 6.42 Å². The third-order valence-electron chi connectivity index (χ3n) is 10.1. The van der Waals surface area contributed by atoms with Crippen LogP contribution >= 0.6 is 0 Å². The van der Waals surface area contributed by atoms with Crippen LogP contribution in [0.2, 0.25) is 0 Å². The van der Waals surface area contributed by atoms with Crippen molar-refractivity contribution in [3.63, 3.8) is 0 Å². The second-order valence-electron chi connectivity index (χ2n) is 14.6. The van der Waals surface area contributed by atoms with E-state index in [2.05, 4.69) is 19.2 Å². The fraction of sp³-hybridized carbons (Fsp3) is 0.974. The van der Waals surface area contributed by atoms with E-state index >= 15 is 0 Å². The van der Waals surface area contributed by atoms with Gasteiger partial charge in [-0.05, 0) is 12.8 Å². The number of aliphatic hydroxyl groups is 5. The largest absolute Gasteiger partial charge is 0.394 e. The number of carbonyl (C=O) groups excluding carboxylic acids is 1. The van der Waals surface area contributed by atoms with Crippen LogP contribution in [0.25, 0.3) is 0 Å². The summed E-state index contributed by atoms with van der Waals surface area (Å²) in [6, 6.07) is 0. The van der Waals surface area contributed by atoms with E-state index in [1.165, 1.54) is 122 Å². The molecule has 0 spiro atoms. The maximum absolute atomic E-state index is 13.1. The highest BCUT2D eigenvalue weighted by Gasteiger charge is 2.45. The summed E-state index contributed by atoms with van der Waals surface area (Å²) in [5, 5.41) is 53.9. The van der Waals surface area contributed by atoms with Crippen molar-refractivity contribution < 1.29 is 39.8 Å². The number of hydrogen-bond acceptors (Lipinski definition) is 8. The van der Waals surface area contributed by atoms with Crippen LogP contribution in [0.1, 0.15) is 187 Å². The maximum atomic E-state index is 13.1. The first-order valence-corrected chi connectivity index (χ1v) is 20.2. The predicted octanol–water partition coefficient (Wildman–Crippen LogP) is 7.22. The summed E-state index contributed by atoms with van der Waals surface area (Å²) in [5.41, 5.74) is -1.06. The second kappa shape index (κ2) is 29.9. The summed E-state index contributed by atoms with van der Waals surface area (Å²) < 4.78 is 11.4. The van der Waals surface area contributed by atoms with E-state index in [9.17, 15) is 30.3 Å². The predicted molar refractivity (Wildman–Crippen MR) is 194 cm³/mol. The molecule has 0 aliphatic carbocycles. The Kier molecular flexibility index (Phi) is 28.1. The molecule has 9 heteroatoms. The average molecular weight is 688 g/mol. The van der Waals surface area contributed by atoms with Crippen molar-refractivity contribution in [1.29, 1.82) is 0 Å². The topological polar surface area (TPSA) is 149 Å². The van der Waals surface area contributed by atoms with E-state index in [4.69, 9.17) is 9.47 Å². The molecular formula is C39H77NO8. The highest BCUT2D eigenvalue weighted by atomic mass is 16.7. The number of aliphatic hydroxyl groups excluding tert-OH is 5. The molecule has 0 aromatic rings. The Morgan fingerprint density at radius 1 is 0.604 bits per heavy atom. The molecular weight excluding hydrogens is 610 g/mol.